The molecule has 0 saturated carbocycles. The van der Waals surface area contributed by atoms with Gasteiger partial charge in [-0.1, -0.05) is 0 Å². The predicted molar refractivity (Wildman–Crippen MR) is 140 cm³/mol. The second-order valence-electron chi connectivity index (χ2n) is 9.72. The molecule has 0 radical (unpaired) electrons. The van der Waals surface area contributed by atoms with E-state index in [1.165, 1.54) is 12.1 Å². The first-order chi connectivity index (χ1) is 19.1. The number of fused-ring (bicyclic) bond motifs is 1. The molecule has 8 nitrogen and oxygen atoms in total. The van der Waals surface area contributed by atoms with Gasteiger partial charge in [-0.15, -0.1) is 0 Å². The zero-order chi connectivity index (χ0) is 28.4. The minimum atomic E-state index is -4.41. The molecule has 0 aliphatic carbocycles. The maximum atomic E-state index is 13.0. The van der Waals surface area contributed by atoms with Crippen molar-refractivity contribution < 1.29 is 37.3 Å². The molecule has 0 unspecified atom stereocenters. The molecule has 1 amide bonds. The Labute approximate surface area is 227 Å². The molecule has 4 aromatic rings. The molecule has 1 N–H and O–H groups in total. The molecule has 0 bridgehead atoms. The van der Waals surface area contributed by atoms with Crippen LogP contribution in [0.3, 0.4) is 0 Å². The van der Waals surface area contributed by atoms with Crippen LogP contribution in [0.5, 0.6) is 17.2 Å². The minimum Gasteiger partial charge on any atom is -0.457 e. The quantitative estimate of drug-likeness (QED) is 0.209. The summed E-state index contributed by atoms with van der Waals surface area (Å²) in [7, 11) is 0. The largest absolute Gasteiger partial charge is 0.511 e. The van der Waals surface area contributed by atoms with E-state index in [1.807, 2.05) is 15.8 Å². The van der Waals surface area contributed by atoms with E-state index in [0.717, 1.165) is 35.9 Å². The SMILES string of the molecule is Cc1c(OC(=O)O)ccc2nn(CC3CCN(C(=O)c4ccc(Oc5ccc(C(F)(F)F)cc5)cc4)CC3)cc12. The van der Waals surface area contributed by atoms with Crippen LogP contribution in [0.15, 0.2) is 66.9 Å². The van der Waals surface area contributed by atoms with Crippen molar-refractivity contribution in [2.45, 2.75) is 32.5 Å². The lowest BCUT2D eigenvalue weighted by Gasteiger charge is -2.32. The number of halogens is 3. The van der Waals surface area contributed by atoms with E-state index < -0.39 is 17.9 Å². The third-order valence-electron chi connectivity index (χ3n) is 7.02. The summed E-state index contributed by atoms with van der Waals surface area (Å²) < 4.78 is 50.5. The molecule has 2 heterocycles. The lowest BCUT2D eigenvalue weighted by Crippen LogP contribution is -2.39. The summed E-state index contributed by atoms with van der Waals surface area (Å²) in [5.74, 6) is 1.20. The van der Waals surface area contributed by atoms with Crippen LogP contribution in [0.2, 0.25) is 0 Å². The van der Waals surface area contributed by atoms with E-state index in [-0.39, 0.29) is 17.4 Å². The van der Waals surface area contributed by atoms with Gasteiger partial charge in [0.15, 0.2) is 0 Å². The van der Waals surface area contributed by atoms with Gasteiger partial charge in [-0.2, -0.15) is 18.3 Å². The molecule has 0 atom stereocenters. The van der Waals surface area contributed by atoms with Crippen LogP contribution in [0.1, 0.15) is 34.3 Å². The number of carboxylic acid groups (broad SMARTS) is 1. The van der Waals surface area contributed by atoms with Crippen LogP contribution in [-0.4, -0.2) is 44.9 Å². The summed E-state index contributed by atoms with van der Waals surface area (Å²) in [6, 6.07) is 14.3. The maximum absolute atomic E-state index is 13.0. The first-order valence-corrected chi connectivity index (χ1v) is 12.7. The number of carbonyl (C=O) groups excluding carboxylic acids is 1. The second kappa shape index (κ2) is 10.9. The molecule has 208 valence electrons. The number of aromatic nitrogens is 2. The second-order valence-corrected chi connectivity index (χ2v) is 9.72. The number of nitrogens with zero attached hydrogens (tertiary/aromatic N) is 3. The molecular weight excluding hydrogens is 527 g/mol. The maximum Gasteiger partial charge on any atom is 0.511 e. The number of carbonyl (C=O) groups is 2. The molecule has 0 spiro atoms. The number of hydrogen-bond donors (Lipinski definition) is 1. The summed E-state index contributed by atoms with van der Waals surface area (Å²) in [4.78, 5) is 25.7. The smallest absolute Gasteiger partial charge is 0.457 e. The van der Waals surface area contributed by atoms with Gasteiger partial charge in [0.25, 0.3) is 5.91 Å². The van der Waals surface area contributed by atoms with Crippen LogP contribution in [-0.2, 0) is 12.7 Å². The molecule has 11 heteroatoms. The van der Waals surface area contributed by atoms with Crippen molar-refractivity contribution in [3.05, 3.63) is 83.6 Å². The third-order valence-corrected chi connectivity index (χ3v) is 7.02. The van der Waals surface area contributed by atoms with Crippen LogP contribution >= 0.6 is 0 Å². The average molecular weight is 554 g/mol. The normalized spacial score (nSPS) is 14.3. The predicted octanol–water partition coefficient (Wildman–Crippen LogP) is 6.77. The van der Waals surface area contributed by atoms with Gasteiger partial charge in [0.05, 0.1) is 11.1 Å². The highest BCUT2D eigenvalue weighted by Crippen LogP contribution is 2.32. The monoisotopic (exact) mass is 553 g/mol. The Balaban J connectivity index is 1.15. The fraction of sp³-hybridized carbons (Fsp3) is 0.276. The van der Waals surface area contributed by atoms with Crippen LogP contribution < -0.4 is 9.47 Å². The van der Waals surface area contributed by atoms with Crippen LogP contribution in [0, 0.1) is 12.8 Å². The van der Waals surface area contributed by atoms with Crippen molar-refractivity contribution >= 4 is 23.0 Å². The number of likely N-dealkylation sites (tertiary alicyclic amines) is 1. The standard InChI is InChI=1S/C29H26F3N3O5/c1-18-24-17-35(33-25(24)10-11-26(18)40-28(37)38)16-19-12-14-34(15-13-19)27(36)20-2-6-22(7-3-20)39-23-8-4-21(5-9-23)29(30,31)32/h2-11,17,19H,12-16H2,1H3,(H,37,38). The highest BCUT2D eigenvalue weighted by Gasteiger charge is 2.30. The van der Waals surface area contributed by atoms with Crippen molar-refractivity contribution in [1.82, 2.24) is 14.7 Å². The Hall–Kier alpha value is -4.54. The van der Waals surface area contributed by atoms with Gasteiger partial charge in [0.1, 0.15) is 17.2 Å². The van der Waals surface area contributed by atoms with E-state index >= 15 is 0 Å². The number of amides is 1. The molecule has 1 fully saturated rings. The number of piperidine rings is 1. The van der Waals surface area contributed by atoms with Crippen molar-refractivity contribution in [1.29, 1.82) is 0 Å². The third kappa shape index (κ3) is 6.03. The van der Waals surface area contributed by atoms with Gasteiger partial charge in [-0.05, 0) is 86.3 Å². The molecular formula is C29H26F3N3O5. The van der Waals surface area contributed by atoms with Gasteiger partial charge >= 0.3 is 12.3 Å². The van der Waals surface area contributed by atoms with Gasteiger partial charge < -0.3 is 19.5 Å². The van der Waals surface area contributed by atoms with E-state index in [9.17, 15) is 22.8 Å². The molecule has 1 aromatic heterocycles. The van der Waals surface area contributed by atoms with Gasteiger partial charge in [0.2, 0.25) is 0 Å². The Bertz CT molecular complexity index is 1520. The first-order valence-electron chi connectivity index (χ1n) is 12.7. The van der Waals surface area contributed by atoms with Crippen molar-refractivity contribution in [2.24, 2.45) is 5.92 Å². The minimum absolute atomic E-state index is 0.0917. The van der Waals surface area contributed by atoms with Crippen molar-refractivity contribution in [3.63, 3.8) is 0 Å². The molecule has 5 rings (SSSR count). The lowest BCUT2D eigenvalue weighted by atomic mass is 9.96. The number of alkyl halides is 3. The number of aryl methyl sites for hydroxylation is 1. The Morgan fingerprint density at radius 2 is 1.60 bits per heavy atom. The van der Waals surface area contributed by atoms with E-state index in [1.54, 1.807) is 43.3 Å². The van der Waals surface area contributed by atoms with Gasteiger partial charge in [0, 0.05) is 42.3 Å². The Morgan fingerprint density at radius 3 is 2.20 bits per heavy atom. The molecule has 40 heavy (non-hydrogen) atoms. The zero-order valence-corrected chi connectivity index (χ0v) is 21.5. The highest BCUT2D eigenvalue weighted by molar-refractivity contribution is 5.94. The summed E-state index contributed by atoms with van der Waals surface area (Å²) in [5, 5.41) is 14.4. The van der Waals surface area contributed by atoms with Crippen molar-refractivity contribution in [2.75, 3.05) is 13.1 Å². The Morgan fingerprint density at radius 1 is 0.975 bits per heavy atom. The summed E-state index contributed by atoms with van der Waals surface area (Å²) in [6.07, 6.45) is -2.26. The first kappa shape index (κ1) is 27.0. The molecule has 1 aliphatic rings. The van der Waals surface area contributed by atoms with Crippen LogP contribution in [0.4, 0.5) is 18.0 Å². The number of hydrogen-bond acceptors (Lipinski definition) is 5. The summed E-state index contributed by atoms with van der Waals surface area (Å²) in [5.41, 5.74) is 1.22. The molecule has 3 aromatic carbocycles. The molecule has 1 aliphatic heterocycles. The highest BCUT2D eigenvalue weighted by atomic mass is 19.4. The zero-order valence-electron chi connectivity index (χ0n) is 21.5. The van der Waals surface area contributed by atoms with E-state index in [4.69, 9.17) is 14.6 Å². The van der Waals surface area contributed by atoms with E-state index in [0.29, 0.717) is 42.4 Å². The number of rotatable bonds is 6. The fourth-order valence-corrected chi connectivity index (χ4v) is 4.84. The summed E-state index contributed by atoms with van der Waals surface area (Å²) >= 11 is 0. The summed E-state index contributed by atoms with van der Waals surface area (Å²) in [6.45, 7) is 3.68. The topological polar surface area (TPSA) is 93.9 Å². The van der Waals surface area contributed by atoms with E-state index in [2.05, 4.69) is 5.10 Å². The van der Waals surface area contributed by atoms with Crippen LogP contribution in [0.25, 0.3) is 10.9 Å². The van der Waals surface area contributed by atoms with Gasteiger partial charge in [-0.3, -0.25) is 9.48 Å². The Kier molecular flexibility index (Phi) is 7.38. The van der Waals surface area contributed by atoms with Crippen molar-refractivity contribution in [3.8, 4) is 17.2 Å². The molecule has 1 saturated heterocycles. The average Bonchev–Trinajstić information content (AvgIpc) is 3.34. The number of ether oxygens (including phenoxy) is 2. The fourth-order valence-electron chi connectivity index (χ4n) is 4.84. The lowest BCUT2D eigenvalue weighted by molar-refractivity contribution is -0.137. The number of benzene rings is 3. The van der Waals surface area contributed by atoms with Gasteiger partial charge in [-0.25, -0.2) is 4.79 Å².